The number of hydrogen-bond donors (Lipinski definition) is 4. The highest BCUT2D eigenvalue weighted by Crippen LogP contribution is 2.81. The van der Waals surface area contributed by atoms with E-state index in [-0.39, 0.29) is 11.9 Å². The largest absolute Gasteiger partial charge is 0.511 e. The molecule has 0 aromatic rings. The number of hydrogen-bond acceptors (Lipinski definition) is 14. The lowest BCUT2D eigenvalue weighted by Gasteiger charge is -2.63. The van der Waals surface area contributed by atoms with Crippen LogP contribution in [0.1, 0.15) is 75.7 Å². The molecular weight excluding hydrogens is 666 g/mol. The number of aliphatic hydroxyl groups excluding tert-OH is 2. The van der Waals surface area contributed by atoms with Crippen molar-refractivity contribution in [1.29, 1.82) is 0 Å². The Balaban J connectivity index is 1.45. The number of ether oxygens (including phenoxy) is 6. The predicted molar refractivity (Wildman–Crippen MR) is 173 cm³/mol. The molecule has 7 fully saturated rings. The van der Waals surface area contributed by atoms with Crippen LogP contribution in [0.25, 0.3) is 0 Å². The van der Waals surface area contributed by atoms with Gasteiger partial charge in [0.2, 0.25) is 5.79 Å². The summed E-state index contributed by atoms with van der Waals surface area (Å²) in [4.78, 5) is 54.0. The lowest BCUT2D eigenvalue weighted by Crippen LogP contribution is -2.70. The van der Waals surface area contributed by atoms with Gasteiger partial charge in [-0.15, -0.1) is 0 Å². The van der Waals surface area contributed by atoms with Crippen molar-refractivity contribution < 1.29 is 62.9 Å². The quantitative estimate of drug-likeness (QED) is 0.186. The second-order valence-corrected chi connectivity index (χ2v) is 18.5. The first-order chi connectivity index (χ1) is 23.4. The second kappa shape index (κ2) is 10.0. The molecule has 8 aliphatic rings. The smallest absolute Gasteiger partial charge is 0.341 e. The van der Waals surface area contributed by atoms with E-state index < -0.39 is 135 Å². The van der Waals surface area contributed by atoms with E-state index in [1.54, 1.807) is 27.7 Å². The zero-order chi connectivity index (χ0) is 37.5. The van der Waals surface area contributed by atoms with Gasteiger partial charge in [-0.2, -0.15) is 0 Å². The van der Waals surface area contributed by atoms with Gasteiger partial charge in [-0.1, -0.05) is 20.8 Å². The number of epoxide rings is 2. The summed E-state index contributed by atoms with van der Waals surface area (Å²) in [6.45, 7) is 16.3. The second-order valence-electron chi connectivity index (χ2n) is 18.5. The summed E-state index contributed by atoms with van der Waals surface area (Å²) in [5.74, 6) is -8.98. The van der Waals surface area contributed by atoms with E-state index >= 15 is 0 Å². The molecule has 0 amide bonds. The molecule has 282 valence electrons. The Hall–Kier alpha value is -2.78. The van der Waals surface area contributed by atoms with Crippen LogP contribution in [0.15, 0.2) is 11.3 Å². The molecule has 51 heavy (non-hydrogen) atoms. The van der Waals surface area contributed by atoms with Crippen molar-refractivity contribution in [2.45, 2.75) is 136 Å². The Morgan fingerprint density at radius 2 is 1.55 bits per heavy atom. The third kappa shape index (κ3) is 3.91. The number of fused-ring (bicyclic) bond motifs is 9. The predicted octanol–water partition coefficient (Wildman–Crippen LogP) is 1.67. The van der Waals surface area contributed by atoms with Crippen molar-refractivity contribution in [2.24, 2.45) is 62.9 Å². The van der Waals surface area contributed by atoms with Crippen LogP contribution in [-0.4, -0.2) is 99.4 Å². The Labute approximate surface area is 296 Å². The average molecular weight is 718 g/mol. The van der Waals surface area contributed by atoms with E-state index in [2.05, 4.69) is 0 Å². The molecule has 3 saturated heterocycles. The molecule has 8 rings (SSSR count). The fraction of sp³-hybridized carbons (Fsp3) is 0.838. The van der Waals surface area contributed by atoms with E-state index in [9.17, 15) is 34.5 Å². The van der Waals surface area contributed by atoms with E-state index in [0.29, 0.717) is 12.0 Å². The van der Waals surface area contributed by atoms with Crippen molar-refractivity contribution in [3.63, 3.8) is 0 Å². The number of esters is 4. The van der Waals surface area contributed by atoms with E-state index in [1.165, 1.54) is 20.8 Å². The topological polar surface area (TPSA) is 217 Å². The monoisotopic (exact) mass is 717 g/mol. The first-order valence-electron chi connectivity index (χ1n) is 18.1. The molecule has 14 nitrogen and oxygen atoms in total. The molecule has 0 aromatic carbocycles. The van der Waals surface area contributed by atoms with Crippen molar-refractivity contribution in [1.82, 2.24) is 0 Å². The van der Waals surface area contributed by atoms with Crippen LogP contribution in [0, 0.1) is 57.2 Å². The van der Waals surface area contributed by atoms with Crippen molar-refractivity contribution in [3.05, 3.63) is 11.3 Å². The van der Waals surface area contributed by atoms with Gasteiger partial charge in [0.15, 0.2) is 5.60 Å². The third-order valence-corrected chi connectivity index (χ3v) is 15.1. The molecule has 5 aliphatic carbocycles. The normalized spacial score (nSPS) is 55.7. The van der Waals surface area contributed by atoms with Gasteiger partial charge >= 0.3 is 23.9 Å². The maximum absolute atomic E-state index is 14.1. The SMILES string of the molecule is CC(=O)O[C@H]1C2C(=C(O)[C@H](N)[C@H]3C[C@@H]4O[C@@H]4[C@H](O)[C@]23C)[C@@H]2[C@@H](OC(=O)C(C)(C)C)[C@@H]3[C@H]([C@H](C)[C@H]4O[C@]45OC(=O)[C@@](C)(O)[C@]35C)[C@@]2(C)[C@H]1OC(C)=O. The van der Waals surface area contributed by atoms with Gasteiger partial charge in [0.25, 0.3) is 0 Å². The lowest BCUT2D eigenvalue weighted by molar-refractivity contribution is -0.225. The minimum atomic E-state index is -2.12. The van der Waals surface area contributed by atoms with E-state index in [0.717, 1.165) is 0 Å². The molecule has 0 aromatic heterocycles. The van der Waals surface area contributed by atoms with Gasteiger partial charge in [0.05, 0.1) is 29.1 Å². The van der Waals surface area contributed by atoms with Crippen LogP contribution >= 0.6 is 0 Å². The molecule has 1 unspecified atom stereocenters. The minimum Gasteiger partial charge on any atom is -0.511 e. The Bertz CT molecular complexity index is 1670. The standard InChI is InChI=1S/C37H51NO13/c1-12-18-21(35(9)36(10,45)31(44)51-37(35)28(12)50-37)25(49-30(43)32(4,5)6)19-17-20(26(46-13(2)39)29(34(18,19)8)47-14(3)40)33(7)15(22(38)23(17)41)11-16-24(48-16)27(33)42/h12,15-16,18-22,24-29,41-42,45H,11,38H2,1-10H3/t12-,15+,16-,18-,19+,20?,21-,22+,24-,25+,26-,27-,28+,29-,33-,34+,35-,36+,37-/m0/s1. The van der Waals surface area contributed by atoms with Crippen LogP contribution in [-0.2, 0) is 47.6 Å². The zero-order valence-corrected chi connectivity index (χ0v) is 30.8. The van der Waals surface area contributed by atoms with Gasteiger partial charge in [0.1, 0.15) is 36.3 Å². The Morgan fingerprint density at radius 3 is 2.14 bits per heavy atom. The van der Waals surface area contributed by atoms with E-state index in [1.807, 2.05) is 20.8 Å². The highest BCUT2D eigenvalue weighted by Gasteiger charge is 2.93. The molecule has 0 bridgehead atoms. The summed E-state index contributed by atoms with van der Waals surface area (Å²) in [6.07, 6.45) is -5.76. The molecule has 19 atom stereocenters. The number of rotatable bonds is 3. The van der Waals surface area contributed by atoms with Gasteiger partial charge in [-0.25, -0.2) is 4.79 Å². The molecule has 1 spiro atoms. The van der Waals surface area contributed by atoms with Gasteiger partial charge < -0.3 is 49.5 Å². The number of carbonyl (C=O) groups excluding carboxylic acids is 4. The number of carbonyl (C=O) groups is 4. The molecule has 3 aliphatic heterocycles. The molecule has 0 radical (unpaired) electrons. The highest BCUT2D eigenvalue weighted by atomic mass is 16.8. The molecular formula is C37H51NO13. The lowest BCUT2D eigenvalue weighted by atomic mass is 9.43. The fourth-order valence-electron chi connectivity index (χ4n) is 12.6. The minimum absolute atomic E-state index is 0.182. The summed E-state index contributed by atoms with van der Waals surface area (Å²) in [7, 11) is 0. The summed E-state index contributed by atoms with van der Waals surface area (Å²) >= 11 is 0. The molecule has 14 heteroatoms. The van der Waals surface area contributed by atoms with Gasteiger partial charge in [-0.05, 0) is 64.4 Å². The number of aliphatic hydroxyl groups is 3. The van der Waals surface area contributed by atoms with E-state index in [4.69, 9.17) is 34.2 Å². The first-order valence-corrected chi connectivity index (χ1v) is 18.1. The average Bonchev–Trinajstić information content (AvgIpc) is 3.92. The zero-order valence-electron chi connectivity index (χ0n) is 30.8. The highest BCUT2D eigenvalue weighted by molar-refractivity contribution is 5.84. The molecule has 4 saturated carbocycles. The summed E-state index contributed by atoms with van der Waals surface area (Å²) in [5.41, 5.74) is 0.154. The first kappa shape index (κ1) is 35.3. The fourth-order valence-corrected chi connectivity index (χ4v) is 12.6. The molecule has 5 N–H and O–H groups in total. The molecule has 3 heterocycles. The third-order valence-electron chi connectivity index (χ3n) is 15.1. The van der Waals surface area contributed by atoms with Crippen LogP contribution in [0.2, 0.25) is 0 Å². The maximum Gasteiger partial charge on any atom is 0.341 e. The maximum atomic E-state index is 14.1. The summed E-state index contributed by atoms with van der Waals surface area (Å²) in [5, 5.41) is 36.7. The van der Waals surface area contributed by atoms with Crippen LogP contribution in [0.4, 0.5) is 0 Å². The van der Waals surface area contributed by atoms with Crippen molar-refractivity contribution in [3.8, 4) is 0 Å². The van der Waals surface area contributed by atoms with Crippen LogP contribution in [0.5, 0.6) is 0 Å². The van der Waals surface area contributed by atoms with Crippen LogP contribution < -0.4 is 5.73 Å². The van der Waals surface area contributed by atoms with Crippen molar-refractivity contribution >= 4 is 23.9 Å². The Kier molecular flexibility index (Phi) is 6.94. The Morgan fingerprint density at radius 1 is 0.941 bits per heavy atom. The summed E-state index contributed by atoms with van der Waals surface area (Å²) < 4.78 is 37.2. The van der Waals surface area contributed by atoms with Gasteiger partial charge in [-0.3, -0.25) is 14.4 Å². The van der Waals surface area contributed by atoms with Gasteiger partial charge in [0, 0.05) is 42.4 Å². The van der Waals surface area contributed by atoms with Crippen molar-refractivity contribution in [2.75, 3.05) is 0 Å². The number of nitrogens with two attached hydrogens (primary N) is 1. The summed E-state index contributed by atoms with van der Waals surface area (Å²) in [6, 6.07) is -0.981. The van der Waals surface area contributed by atoms with Crippen LogP contribution in [0.3, 0.4) is 0 Å².